The molecule has 0 saturated carbocycles. The minimum atomic E-state index is -0.194. The van der Waals surface area contributed by atoms with E-state index in [1.807, 2.05) is 65.4 Å². The van der Waals surface area contributed by atoms with Crippen LogP contribution in [0.1, 0.15) is 23.5 Å². The van der Waals surface area contributed by atoms with Gasteiger partial charge >= 0.3 is 0 Å². The van der Waals surface area contributed by atoms with E-state index in [0.29, 0.717) is 15.9 Å². The summed E-state index contributed by atoms with van der Waals surface area (Å²) in [5.74, 6) is 2.19. The molecule has 3 aromatic heterocycles. The van der Waals surface area contributed by atoms with Gasteiger partial charge in [0.2, 0.25) is 6.79 Å². The summed E-state index contributed by atoms with van der Waals surface area (Å²) >= 11 is 11.9. The number of anilines is 1. The Labute approximate surface area is 200 Å². The maximum Gasteiger partial charge on any atom is 0.231 e. The van der Waals surface area contributed by atoms with Crippen LogP contribution in [0, 0.1) is 0 Å². The summed E-state index contributed by atoms with van der Waals surface area (Å²) in [5, 5.41) is 4.67. The Hall–Kier alpha value is -3.62. The summed E-state index contributed by atoms with van der Waals surface area (Å²) in [6.45, 7) is 0.215. The van der Waals surface area contributed by atoms with Crippen molar-refractivity contribution >= 4 is 34.6 Å². The number of thiocarbonyl (C=S) groups is 1. The second-order valence-corrected chi connectivity index (χ2v) is 8.49. The fraction of sp³-hybridized carbons (Fsp3) is 0.125. The van der Waals surface area contributed by atoms with Crippen LogP contribution in [0.5, 0.6) is 11.5 Å². The molecule has 4 aromatic rings. The first kappa shape index (κ1) is 20.0. The minimum absolute atomic E-state index is 0.176. The van der Waals surface area contributed by atoms with E-state index < -0.39 is 0 Å². The SMILES string of the molecule is S=C1N[C@@H](c2ccccn2)[C@H](c2cccn2-c2ccc(Cl)cn2)N1c1ccc2c(c1)OCO2. The zero-order valence-corrected chi connectivity index (χ0v) is 18.8. The van der Waals surface area contributed by atoms with Gasteiger partial charge in [-0.1, -0.05) is 17.7 Å². The minimum Gasteiger partial charge on any atom is -0.454 e. The molecule has 2 aliphatic heterocycles. The quantitative estimate of drug-likeness (QED) is 0.424. The first-order valence-corrected chi connectivity index (χ1v) is 11.2. The van der Waals surface area contributed by atoms with Crippen molar-refractivity contribution in [1.82, 2.24) is 19.9 Å². The Morgan fingerprint density at radius 3 is 2.73 bits per heavy atom. The number of hydrogen-bond acceptors (Lipinski definition) is 5. The Bertz CT molecular complexity index is 1330. The van der Waals surface area contributed by atoms with Gasteiger partial charge in [-0.3, -0.25) is 4.98 Å². The van der Waals surface area contributed by atoms with Gasteiger partial charge in [-0.2, -0.15) is 0 Å². The molecule has 0 spiro atoms. The van der Waals surface area contributed by atoms with Crippen molar-refractivity contribution in [3.63, 3.8) is 0 Å². The molecule has 0 bridgehead atoms. The molecular formula is C24H18ClN5O2S. The van der Waals surface area contributed by atoms with E-state index in [0.717, 1.165) is 28.6 Å². The average molecular weight is 476 g/mol. The summed E-state index contributed by atoms with van der Waals surface area (Å²) in [5.41, 5.74) is 2.80. The predicted molar refractivity (Wildman–Crippen MR) is 129 cm³/mol. The van der Waals surface area contributed by atoms with E-state index in [4.69, 9.17) is 33.3 Å². The maximum atomic E-state index is 6.07. The molecule has 6 rings (SSSR count). The Morgan fingerprint density at radius 2 is 1.91 bits per heavy atom. The Balaban J connectivity index is 1.50. The van der Waals surface area contributed by atoms with Gasteiger partial charge in [0, 0.05) is 36.0 Å². The molecular weight excluding hydrogens is 458 g/mol. The van der Waals surface area contributed by atoms with Gasteiger partial charge in [-0.25, -0.2) is 4.98 Å². The van der Waals surface area contributed by atoms with Crippen molar-refractivity contribution in [1.29, 1.82) is 0 Å². The third-order valence-corrected chi connectivity index (χ3v) is 6.31. The first-order chi connectivity index (χ1) is 16.2. The molecule has 1 fully saturated rings. The monoisotopic (exact) mass is 475 g/mol. The average Bonchev–Trinajstić information content (AvgIpc) is 3.57. The van der Waals surface area contributed by atoms with Gasteiger partial charge in [0.05, 0.1) is 16.8 Å². The second kappa shape index (κ2) is 8.06. The van der Waals surface area contributed by atoms with Crippen LogP contribution >= 0.6 is 23.8 Å². The Kier molecular flexibility index (Phi) is 4.89. The van der Waals surface area contributed by atoms with Crippen LogP contribution in [0.4, 0.5) is 5.69 Å². The van der Waals surface area contributed by atoms with Crippen LogP contribution in [0.3, 0.4) is 0 Å². The summed E-state index contributed by atoms with van der Waals surface area (Å²) in [4.78, 5) is 11.2. The molecule has 7 nitrogen and oxygen atoms in total. The molecule has 2 aliphatic rings. The van der Waals surface area contributed by atoms with E-state index in [1.54, 1.807) is 12.4 Å². The highest BCUT2D eigenvalue weighted by molar-refractivity contribution is 7.80. The number of aromatic nitrogens is 3. The molecule has 164 valence electrons. The highest BCUT2D eigenvalue weighted by Gasteiger charge is 2.42. The zero-order chi connectivity index (χ0) is 22.4. The lowest BCUT2D eigenvalue weighted by Crippen LogP contribution is -2.30. The van der Waals surface area contributed by atoms with Gasteiger partial charge in [0.25, 0.3) is 0 Å². The fourth-order valence-corrected chi connectivity index (χ4v) is 4.78. The van der Waals surface area contributed by atoms with E-state index in [2.05, 4.69) is 26.3 Å². The third-order valence-electron chi connectivity index (χ3n) is 5.77. The molecule has 5 heterocycles. The standard InChI is InChI=1S/C24H18ClN5O2S/c25-15-6-9-21(27-13-15)29-11-3-5-18(29)23-22(17-4-1-2-10-26-17)28-24(33)30(23)16-7-8-19-20(12-16)32-14-31-19/h1-13,22-23H,14H2,(H,28,33)/t22-,23-/m0/s1. The van der Waals surface area contributed by atoms with Crippen molar-refractivity contribution < 1.29 is 9.47 Å². The number of fused-ring (bicyclic) bond motifs is 1. The van der Waals surface area contributed by atoms with E-state index >= 15 is 0 Å². The van der Waals surface area contributed by atoms with Crippen LogP contribution in [-0.4, -0.2) is 26.4 Å². The molecule has 0 amide bonds. The van der Waals surface area contributed by atoms with Gasteiger partial charge in [0.1, 0.15) is 11.9 Å². The number of benzene rings is 1. The van der Waals surface area contributed by atoms with Crippen molar-refractivity contribution in [3.8, 4) is 17.3 Å². The number of nitrogens with zero attached hydrogens (tertiary/aromatic N) is 4. The van der Waals surface area contributed by atoms with Crippen molar-refractivity contribution in [2.75, 3.05) is 11.7 Å². The van der Waals surface area contributed by atoms with E-state index in [1.165, 1.54) is 0 Å². The van der Waals surface area contributed by atoms with Gasteiger partial charge < -0.3 is 24.3 Å². The van der Waals surface area contributed by atoms with Crippen molar-refractivity contribution in [3.05, 3.63) is 95.7 Å². The van der Waals surface area contributed by atoms with Gasteiger partial charge in [0.15, 0.2) is 16.6 Å². The topological polar surface area (TPSA) is 64.4 Å². The van der Waals surface area contributed by atoms with Gasteiger partial charge in [-0.15, -0.1) is 0 Å². The zero-order valence-electron chi connectivity index (χ0n) is 17.3. The van der Waals surface area contributed by atoms with Gasteiger partial charge in [-0.05, 0) is 60.7 Å². The largest absolute Gasteiger partial charge is 0.454 e. The lowest BCUT2D eigenvalue weighted by atomic mass is 10.0. The van der Waals surface area contributed by atoms with Crippen LogP contribution in [0.25, 0.3) is 5.82 Å². The molecule has 0 unspecified atom stereocenters. The smallest absolute Gasteiger partial charge is 0.231 e. The predicted octanol–water partition coefficient (Wildman–Crippen LogP) is 4.83. The van der Waals surface area contributed by atoms with Crippen molar-refractivity contribution in [2.45, 2.75) is 12.1 Å². The molecule has 0 aliphatic carbocycles. The van der Waals surface area contributed by atoms with Crippen LogP contribution < -0.4 is 19.7 Å². The highest BCUT2D eigenvalue weighted by atomic mass is 35.5. The highest BCUT2D eigenvalue weighted by Crippen LogP contribution is 2.44. The normalized spacial score (nSPS) is 19.1. The second-order valence-electron chi connectivity index (χ2n) is 7.67. The van der Waals surface area contributed by atoms with Crippen LogP contribution in [-0.2, 0) is 0 Å². The van der Waals surface area contributed by atoms with Crippen LogP contribution in [0.2, 0.25) is 5.02 Å². The molecule has 1 saturated heterocycles. The van der Waals surface area contributed by atoms with E-state index in [9.17, 15) is 0 Å². The van der Waals surface area contributed by atoms with Crippen molar-refractivity contribution in [2.24, 2.45) is 0 Å². The molecule has 1 N–H and O–H groups in total. The molecule has 33 heavy (non-hydrogen) atoms. The van der Waals surface area contributed by atoms with E-state index in [-0.39, 0.29) is 18.9 Å². The third kappa shape index (κ3) is 3.48. The number of ether oxygens (including phenoxy) is 2. The molecule has 2 atom stereocenters. The molecule has 0 radical (unpaired) electrons. The first-order valence-electron chi connectivity index (χ1n) is 10.4. The van der Waals surface area contributed by atoms with Crippen LogP contribution in [0.15, 0.2) is 79.3 Å². The molecule has 1 aromatic carbocycles. The number of halogens is 1. The summed E-state index contributed by atoms with van der Waals surface area (Å²) in [6, 6.07) is 19.2. The summed E-state index contributed by atoms with van der Waals surface area (Å²) in [6.07, 6.45) is 5.42. The fourth-order valence-electron chi connectivity index (χ4n) is 4.32. The summed E-state index contributed by atoms with van der Waals surface area (Å²) < 4.78 is 13.2. The Morgan fingerprint density at radius 1 is 1.00 bits per heavy atom. The number of pyridine rings is 2. The number of nitrogens with one attached hydrogen (secondary N) is 1. The lowest BCUT2D eigenvalue weighted by Gasteiger charge is -2.29. The number of hydrogen-bond donors (Lipinski definition) is 1. The summed E-state index contributed by atoms with van der Waals surface area (Å²) in [7, 11) is 0. The number of rotatable bonds is 4. The lowest BCUT2D eigenvalue weighted by molar-refractivity contribution is 0.174. The maximum absolute atomic E-state index is 6.07. The molecule has 9 heteroatoms.